The lowest BCUT2D eigenvalue weighted by Gasteiger charge is -2.30. The van der Waals surface area contributed by atoms with E-state index in [1.54, 1.807) is 0 Å². The lowest BCUT2D eigenvalue weighted by Crippen LogP contribution is -2.47. The van der Waals surface area contributed by atoms with Gasteiger partial charge in [0.15, 0.2) is 5.96 Å². The molecule has 3 atom stereocenters. The van der Waals surface area contributed by atoms with Crippen LogP contribution in [-0.4, -0.2) is 40.8 Å². The van der Waals surface area contributed by atoms with Gasteiger partial charge in [-0.15, -0.1) is 24.0 Å². The first-order valence-corrected chi connectivity index (χ1v) is 10.9. The Kier molecular flexibility index (Phi) is 8.30. The van der Waals surface area contributed by atoms with Crippen molar-refractivity contribution in [1.29, 1.82) is 0 Å². The average molecular weight is 467 g/mol. The van der Waals surface area contributed by atoms with Crippen molar-refractivity contribution in [2.24, 2.45) is 22.7 Å². The molecule has 3 aliphatic rings. The van der Waals surface area contributed by atoms with Crippen LogP contribution in [-0.2, 0) is 10.8 Å². The maximum absolute atomic E-state index is 12.1. The highest BCUT2D eigenvalue weighted by molar-refractivity contribution is 14.0. The van der Waals surface area contributed by atoms with Crippen LogP contribution in [0.1, 0.15) is 58.3 Å². The quantitative estimate of drug-likeness (QED) is 0.343. The molecule has 0 aliphatic heterocycles. The molecule has 3 rings (SSSR count). The highest BCUT2D eigenvalue weighted by Gasteiger charge is 2.41. The van der Waals surface area contributed by atoms with Gasteiger partial charge in [0.1, 0.15) is 0 Å². The molecule has 24 heavy (non-hydrogen) atoms. The number of guanidine groups is 1. The number of hydrogen-bond donors (Lipinski definition) is 2. The zero-order valence-electron chi connectivity index (χ0n) is 15.1. The van der Waals surface area contributed by atoms with E-state index in [1.807, 2.05) is 14.0 Å². The molecule has 140 valence electrons. The van der Waals surface area contributed by atoms with Gasteiger partial charge in [-0.2, -0.15) is 0 Å². The van der Waals surface area contributed by atoms with Crippen LogP contribution in [0.25, 0.3) is 0 Å². The molecule has 0 heterocycles. The van der Waals surface area contributed by atoms with Gasteiger partial charge in [-0.25, -0.2) is 0 Å². The van der Waals surface area contributed by atoms with Crippen LogP contribution >= 0.6 is 24.0 Å². The second-order valence-electron chi connectivity index (χ2n) is 7.59. The Hall–Kier alpha value is 0.150. The van der Waals surface area contributed by atoms with Crippen LogP contribution in [0, 0.1) is 17.8 Å². The lowest BCUT2D eigenvalue weighted by atomic mass is 9.95. The highest BCUT2D eigenvalue weighted by Crippen LogP contribution is 2.48. The van der Waals surface area contributed by atoms with E-state index in [-0.39, 0.29) is 24.0 Å². The molecule has 0 aromatic rings. The number of nitrogens with one attached hydrogen (secondary N) is 2. The van der Waals surface area contributed by atoms with Gasteiger partial charge in [-0.05, 0) is 62.7 Å². The van der Waals surface area contributed by atoms with Crippen molar-refractivity contribution in [2.45, 2.75) is 69.6 Å². The molecule has 3 fully saturated rings. The Morgan fingerprint density at radius 3 is 2.38 bits per heavy atom. The van der Waals surface area contributed by atoms with Crippen molar-refractivity contribution < 1.29 is 4.21 Å². The minimum Gasteiger partial charge on any atom is -0.356 e. The Bertz CT molecular complexity index is 440. The predicted octanol–water partition coefficient (Wildman–Crippen LogP) is 3.29. The standard InChI is InChI=1S/C18H33N3OS.HI/c1-3-23(22)16-6-4-5-15(11-16)21-18(19-2)20-12-17(13-7-8-13)14-9-10-14;/h13-17H,3-12H2,1-2H3,(H2,19,20,21);1H. The fourth-order valence-corrected chi connectivity index (χ4v) is 5.47. The van der Waals surface area contributed by atoms with Gasteiger partial charge in [-0.1, -0.05) is 13.3 Å². The molecule has 0 bridgehead atoms. The van der Waals surface area contributed by atoms with Crippen LogP contribution in [0.4, 0.5) is 0 Å². The van der Waals surface area contributed by atoms with E-state index in [9.17, 15) is 4.21 Å². The normalized spacial score (nSPS) is 29.0. The number of nitrogens with zero attached hydrogens (tertiary/aromatic N) is 1. The van der Waals surface area contributed by atoms with E-state index >= 15 is 0 Å². The zero-order chi connectivity index (χ0) is 16.2. The zero-order valence-corrected chi connectivity index (χ0v) is 18.3. The van der Waals surface area contributed by atoms with Crippen molar-refractivity contribution in [3.63, 3.8) is 0 Å². The maximum Gasteiger partial charge on any atom is 0.191 e. The number of hydrogen-bond acceptors (Lipinski definition) is 2. The molecule has 4 nitrogen and oxygen atoms in total. The van der Waals surface area contributed by atoms with Gasteiger partial charge < -0.3 is 10.6 Å². The Balaban J connectivity index is 0.00000208. The number of halogens is 1. The van der Waals surface area contributed by atoms with Gasteiger partial charge in [0.2, 0.25) is 0 Å². The number of rotatable bonds is 7. The summed E-state index contributed by atoms with van der Waals surface area (Å²) in [6.07, 6.45) is 10.2. The molecule has 0 saturated heterocycles. The SMILES string of the molecule is CCS(=O)C1CCCC(NC(=NC)NCC(C2CC2)C2CC2)C1.I. The van der Waals surface area contributed by atoms with E-state index < -0.39 is 10.8 Å². The second kappa shape index (κ2) is 9.74. The van der Waals surface area contributed by atoms with E-state index in [1.165, 1.54) is 38.5 Å². The third-order valence-corrected chi connectivity index (χ3v) is 7.55. The first-order chi connectivity index (χ1) is 11.2. The van der Waals surface area contributed by atoms with E-state index in [0.29, 0.717) is 11.3 Å². The summed E-state index contributed by atoms with van der Waals surface area (Å²) in [5.41, 5.74) is 0. The monoisotopic (exact) mass is 467 g/mol. The van der Waals surface area contributed by atoms with Gasteiger partial charge in [0.25, 0.3) is 0 Å². The summed E-state index contributed by atoms with van der Waals surface area (Å²) in [4.78, 5) is 4.42. The Morgan fingerprint density at radius 1 is 1.17 bits per heavy atom. The molecule has 3 aliphatic carbocycles. The molecular formula is C18H34IN3OS. The fraction of sp³-hybridized carbons (Fsp3) is 0.944. The molecule has 0 aromatic heterocycles. The Labute approximate surface area is 166 Å². The van der Waals surface area contributed by atoms with E-state index in [4.69, 9.17) is 0 Å². The van der Waals surface area contributed by atoms with Crippen molar-refractivity contribution in [3.05, 3.63) is 0 Å². The summed E-state index contributed by atoms with van der Waals surface area (Å²) in [7, 11) is 1.21. The predicted molar refractivity (Wildman–Crippen MR) is 114 cm³/mol. The molecular weight excluding hydrogens is 433 g/mol. The van der Waals surface area contributed by atoms with Crippen molar-refractivity contribution in [3.8, 4) is 0 Å². The van der Waals surface area contributed by atoms with Crippen LogP contribution in [0.15, 0.2) is 4.99 Å². The minimum absolute atomic E-state index is 0. The maximum atomic E-state index is 12.1. The van der Waals surface area contributed by atoms with E-state index in [0.717, 1.165) is 48.9 Å². The van der Waals surface area contributed by atoms with Crippen LogP contribution in [0.3, 0.4) is 0 Å². The van der Waals surface area contributed by atoms with Crippen LogP contribution in [0.2, 0.25) is 0 Å². The summed E-state index contributed by atoms with van der Waals surface area (Å²) in [6, 6.07) is 0.427. The molecule has 3 saturated carbocycles. The van der Waals surface area contributed by atoms with Gasteiger partial charge in [0.05, 0.1) is 0 Å². The molecule has 2 N–H and O–H groups in total. The molecule has 0 spiro atoms. The van der Waals surface area contributed by atoms with Crippen molar-refractivity contribution in [1.82, 2.24) is 10.6 Å². The average Bonchev–Trinajstić information content (AvgIpc) is 3.47. The molecule has 3 unspecified atom stereocenters. The minimum atomic E-state index is -0.658. The van der Waals surface area contributed by atoms with E-state index in [2.05, 4.69) is 15.6 Å². The third-order valence-electron chi connectivity index (χ3n) is 5.81. The first-order valence-electron chi connectivity index (χ1n) is 9.55. The largest absolute Gasteiger partial charge is 0.356 e. The molecule has 0 amide bonds. The van der Waals surface area contributed by atoms with Gasteiger partial charge in [0, 0.05) is 41.4 Å². The highest BCUT2D eigenvalue weighted by atomic mass is 127. The topological polar surface area (TPSA) is 53.5 Å². The summed E-state index contributed by atoms with van der Waals surface area (Å²) >= 11 is 0. The number of aliphatic imine (C=N–C) groups is 1. The third kappa shape index (κ3) is 5.85. The van der Waals surface area contributed by atoms with Crippen LogP contribution in [0.5, 0.6) is 0 Å². The summed E-state index contributed by atoms with van der Waals surface area (Å²) in [5.74, 6) is 4.54. The first kappa shape index (κ1) is 20.5. The molecule has 0 radical (unpaired) electrons. The van der Waals surface area contributed by atoms with Crippen molar-refractivity contribution >= 4 is 40.7 Å². The van der Waals surface area contributed by atoms with Gasteiger partial charge >= 0.3 is 0 Å². The van der Waals surface area contributed by atoms with Crippen molar-refractivity contribution in [2.75, 3.05) is 19.3 Å². The molecule has 6 heteroatoms. The lowest BCUT2D eigenvalue weighted by molar-refractivity contribution is 0.390. The summed E-state index contributed by atoms with van der Waals surface area (Å²) in [6.45, 7) is 3.11. The summed E-state index contributed by atoms with van der Waals surface area (Å²) < 4.78 is 12.1. The Morgan fingerprint density at radius 2 is 1.83 bits per heavy atom. The van der Waals surface area contributed by atoms with Crippen LogP contribution < -0.4 is 10.6 Å². The smallest absolute Gasteiger partial charge is 0.191 e. The molecule has 0 aromatic carbocycles. The second-order valence-corrected chi connectivity index (χ2v) is 9.60. The van der Waals surface area contributed by atoms with Gasteiger partial charge in [-0.3, -0.25) is 9.20 Å². The fourth-order valence-electron chi connectivity index (χ4n) is 4.12. The summed E-state index contributed by atoms with van der Waals surface area (Å²) in [5, 5.41) is 7.54.